The molecule has 0 saturated carbocycles. The maximum Gasteiger partial charge on any atom is 0.338 e. The van der Waals surface area contributed by atoms with Gasteiger partial charge < -0.3 is 14.5 Å². The lowest BCUT2D eigenvalue weighted by Crippen LogP contribution is -2.43. The first kappa shape index (κ1) is 19.4. The Kier molecular flexibility index (Phi) is 5.90. The molecule has 0 aliphatic rings. The summed E-state index contributed by atoms with van der Waals surface area (Å²) in [6.07, 6.45) is 0. The molecule has 0 fully saturated rings. The van der Waals surface area contributed by atoms with Crippen LogP contribution in [0.25, 0.3) is 11.0 Å². The Morgan fingerprint density at radius 1 is 1.07 bits per heavy atom. The van der Waals surface area contributed by atoms with Crippen LogP contribution in [0.3, 0.4) is 0 Å². The average molecular weight is 397 g/mol. The van der Waals surface area contributed by atoms with Gasteiger partial charge in [-0.25, -0.2) is 4.79 Å². The zero-order valence-electron chi connectivity index (χ0n) is 15.4. The fourth-order valence-electron chi connectivity index (χ4n) is 2.63. The third kappa shape index (κ3) is 4.29. The van der Waals surface area contributed by atoms with E-state index in [0.29, 0.717) is 23.4 Å². The van der Waals surface area contributed by atoms with Crippen molar-refractivity contribution in [1.82, 2.24) is 10.9 Å². The molecule has 0 aliphatic carbocycles. The van der Waals surface area contributed by atoms with Crippen molar-refractivity contribution in [3.8, 4) is 0 Å². The molecule has 7 nitrogen and oxygen atoms in total. The summed E-state index contributed by atoms with van der Waals surface area (Å²) in [5.74, 6) is -0.603. The second-order valence-corrected chi connectivity index (χ2v) is 6.29. The van der Waals surface area contributed by atoms with E-state index in [1.54, 1.807) is 37.3 Å². The first-order valence-corrected chi connectivity index (χ1v) is 9.03. The van der Waals surface area contributed by atoms with Gasteiger partial charge in [0.15, 0.2) is 10.9 Å². The topological polar surface area (TPSA) is 92.6 Å². The number of anilines is 1. The van der Waals surface area contributed by atoms with Crippen LogP contribution < -0.4 is 16.2 Å². The first-order chi connectivity index (χ1) is 13.5. The predicted octanol–water partition coefficient (Wildman–Crippen LogP) is 3.55. The van der Waals surface area contributed by atoms with Gasteiger partial charge in [0.05, 0.1) is 12.2 Å². The summed E-state index contributed by atoms with van der Waals surface area (Å²) in [5.41, 5.74) is 7.63. The molecule has 3 aromatic rings. The van der Waals surface area contributed by atoms with E-state index in [1.165, 1.54) is 0 Å². The monoisotopic (exact) mass is 397 g/mol. The van der Waals surface area contributed by atoms with E-state index >= 15 is 0 Å². The number of rotatable bonds is 4. The summed E-state index contributed by atoms with van der Waals surface area (Å²) < 4.78 is 10.5. The lowest BCUT2D eigenvalue weighted by Gasteiger charge is -2.11. The van der Waals surface area contributed by atoms with Crippen LogP contribution in [0.4, 0.5) is 5.69 Å². The summed E-state index contributed by atoms with van der Waals surface area (Å²) in [6.45, 7) is 3.89. The fraction of sp³-hybridized carbons (Fsp3) is 0.150. The van der Waals surface area contributed by atoms with Crippen LogP contribution in [0, 0.1) is 6.92 Å². The molecule has 0 radical (unpaired) electrons. The van der Waals surface area contributed by atoms with Crippen LogP contribution in [-0.4, -0.2) is 23.6 Å². The van der Waals surface area contributed by atoms with Gasteiger partial charge in [-0.2, -0.15) is 0 Å². The maximum absolute atomic E-state index is 12.4. The minimum atomic E-state index is -0.435. The Morgan fingerprint density at radius 3 is 2.46 bits per heavy atom. The van der Waals surface area contributed by atoms with Gasteiger partial charge in [-0.1, -0.05) is 18.2 Å². The smallest absolute Gasteiger partial charge is 0.338 e. The quantitative estimate of drug-likeness (QED) is 0.352. The Morgan fingerprint density at radius 2 is 1.79 bits per heavy atom. The number of hydrogen-bond acceptors (Lipinski definition) is 5. The molecule has 3 N–H and O–H groups in total. The van der Waals surface area contributed by atoms with Gasteiger partial charge in [0, 0.05) is 16.6 Å². The average Bonchev–Trinajstić information content (AvgIpc) is 3.04. The second kappa shape index (κ2) is 8.53. The van der Waals surface area contributed by atoms with Crippen molar-refractivity contribution in [2.75, 3.05) is 11.9 Å². The van der Waals surface area contributed by atoms with Crippen molar-refractivity contribution in [3.05, 3.63) is 65.4 Å². The molecular formula is C20H19N3O4S. The Bertz CT molecular complexity index is 1030. The Balaban J connectivity index is 1.57. The van der Waals surface area contributed by atoms with Crippen molar-refractivity contribution in [2.24, 2.45) is 0 Å². The molecule has 3 rings (SSSR count). The molecule has 2 aromatic carbocycles. The number of hydrazine groups is 1. The van der Waals surface area contributed by atoms with Crippen LogP contribution >= 0.6 is 12.2 Å². The first-order valence-electron chi connectivity index (χ1n) is 8.62. The number of furan rings is 1. The number of carbonyl (C=O) groups is 2. The highest BCUT2D eigenvalue weighted by Gasteiger charge is 2.17. The zero-order chi connectivity index (χ0) is 20.1. The van der Waals surface area contributed by atoms with Gasteiger partial charge in [0.2, 0.25) is 0 Å². The van der Waals surface area contributed by atoms with Gasteiger partial charge >= 0.3 is 11.9 Å². The molecule has 1 amide bonds. The van der Waals surface area contributed by atoms with Crippen LogP contribution in [0.5, 0.6) is 0 Å². The second-order valence-electron chi connectivity index (χ2n) is 5.88. The van der Waals surface area contributed by atoms with Crippen molar-refractivity contribution in [3.63, 3.8) is 0 Å². The number of para-hydroxylation sites is 1. The number of carbonyl (C=O) groups excluding carboxylic acids is 2. The van der Waals surface area contributed by atoms with Crippen LogP contribution in [0.15, 0.2) is 52.9 Å². The Hall–Kier alpha value is -3.39. The van der Waals surface area contributed by atoms with Gasteiger partial charge in [0.1, 0.15) is 5.58 Å². The van der Waals surface area contributed by atoms with Crippen molar-refractivity contribution >= 4 is 45.9 Å². The highest BCUT2D eigenvalue weighted by atomic mass is 32.1. The zero-order valence-corrected chi connectivity index (χ0v) is 16.2. The van der Waals surface area contributed by atoms with E-state index in [0.717, 1.165) is 10.9 Å². The molecule has 0 bridgehead atoms. The molecule has 0 atom stereocenters. The summed E-state index contributed by atoms with van der Waals surface area (Å²) in [4.78, 5) is 24.0. The number of hydrogen-bond donors (Lipinski definition) is 3. The van der Waals surface area contributed by atoms with Gasteiger partial charge in [-0.3, -0.25) is 15.6 Å². The van der Waals surface area contributed by atoms with Crippen LogP contribution in [0.2, 0.25) is 0 Å². The normalized spacial score (nSPS) is 10.4. The van der Waals surface area contributed by atoms with E-state index in [1.807, 2.05) is 25.1 Å². The number of ether oxygens (including phenoxy) is 1. The number of aryl methyl sites for hydroxylation is 1. The Labute approximate surface area is 167 Å². The molecule has 1 aromatic heterocycles. The molecule has 28 heavy (non-hydrogen) atoms. The van der Waals surface area contributed by atoms with E-state index in [-0.39, 0.29) is 16.8 Å². The number of esters is 1. The largest absolute Gasteiger partial charge is 0.462 e. The van der Waals surface area contributed by atoms with E-state index in [4.69, 9.17) is 21.4 Å². The molecular weight excluding hydrogens is 378 g/mol. The van der Waals surface area contributed by atoms with Crippen molar-refractivity contribution < 1.29 is 18.7 Å². The number of amides is 1. The third-order valence-corrected chi connectivity index (χ3v) is 4.20. The standard InChI is InChI=1S/C20H19N3O4S/c1-3-26-19(25)13-8-10-14(11-9-13)21-20(28)23-22-18(24)17-12(2)15-6-4-5-7-16(15)27-17/h4-11H,3H2,1-2H3,(H,22,24)(H2,21,23,28). The minimum Gasteiger partial charge on any atom is -0.462 e. The van der Waals surface area contributed by atoms with Gasteiger partial charge in [-0.05, 0) is 56.4 Å². The van der Waals surface area contributed by atoms with Crippen LogP contribution in [-0.2, 0) is 4.74 Å². The highest BCUT2D eigenvalue weighted by Crippen LogP contribution is 2.24. The summed E-state index contributed by atoms with van der Waals surface area (Å²) >= 11 is 5.17. The van der Waals surface area contributed by atoms with E-state index in [9.17, 15) is 9.59 Å². The predicted molar refractivity (Wildman–Crippen MR) is 110 cm³/mol. The number of fused-ring (bicyclic) bond motifs is 1. The number of thiocarbonyl (C=S) groups is 1. The summed E-state index contributed by atoms with van der Waals surface area (Å²) in [5, 5.41) is 3.98. The molecule has 144 valence electrons. The van der Waals surface area contributed by atoms with Crippen LogP contribution in [0.1, 0.15) is 33.4 Å². The fourth-order valence-corrected chi connectivity index (χ4v) is 2.80. The SMILES string of the molecule is CCOC(=O)c1ccc(NC(=S)NNC(=O)c2oc3ccccc3c2C)cc1. The molecule has 0 saturated heterocycles. The molecule has 0 spiro atoms. The lowest BCUT2D eigenvalue weighted by atomic mass is 10.1. The molecule has 8 heteroatoms. The summed E-state index contributed by atoms with van der Waals surface area (Å²) in [6, 6.07) is 14.0. The number of benzene rings is 2. The number of nitrogens with one attached hydrogen (secondary N) is 3. The maximum atomic E-state index is 12.4. The third-order valence-electron chi connectivity index (χ3n) is 3.99. The minimum absolute atomic E-state index is 0.186. The lowest BCUT2D eigenvalue weighted by molar-refractivity contribution is 0.0526. The van der Waals surface area contributed by atoms with Gasteiger partial charge in [-0.15, -0.1) is 0 Å². The van der Waals surface area contributed by atoms with Crippen molar-refractivity contribution in [1.29, 1.82) is 0 Å². The summed E-state index contributed by atoms with van der Waals surface area (Å²) in [7, 11) is 0. The van der Waals surface area contributed by atoms with E-state index in [2.05, 4.69) is 16.2 Å². The van der Waals surface area contributed by atoms with Gasteiger partial charge in [0.25, 0.3) is 0 Å². The molecule has 0 unspecified atom stereocenters. The molecule has 1 heterocycles. The molecule has 0 aliphatic heterocycles. The van der Waals surface area contributed by atoms with E-state index < -0.39 is 5.91 Å². The highest BCUT2D eigenvalue weighted by molar-refractivity contribution is 7.80. The van der Waals surface area contributed by atoms with Crippen molar-refractivity contribution in [2.45, 2.75) is 13.8 Å².